The fraction of sp³-hybridized carbons (Fsp3) is 0.269. The molecule has 1 aromatic carbocycles. The Balaban J connectivity index is 0.00000156. The van der Waals surface area contributed by atoms with Crippen molar-refractivity contribution in [3.05, 3.63) is 70.1 Å². The number of rotatable bonds is 9. The highest BCUT2D eigenvalue weighted by Crippen LogP contribution is 2.41. The van der Waals surface area contributed by atoms with E-state index in [1.807, 2.05) is 24.6 Å². The van der Waals surface area contributed by atoms with Gasteiger partial charge < -0.3 is 9.47 Å². The summed E-state index contributed by atoms with van der Waals surface area (Å²) in [5.74, 6) is 0.430. The minimum absolute atomic E-state index is 0.0963. The second kappa shape index (κ2) is 11.7. The van der Waals surface area contributed by atoms with Crippen molar-refractivity contribution >= 4 is 50.8 Å². The molecule has 0 spiro atoms. The Labute approximate surface area is 221 Å². The van der Waals surface area contributed by atoms with Gasteiger partial charge in [0, 0.05) is 28.4 Å². The minimum Gasteiger partial charge on any atom is -0.458 e. The first-order chi connectivity index (χ1) is 17.9. The zero-order chi connectivity index (χ0) is 26.5. The first kappa shape index (κ1) is 26.5. The van der Waals surface area contributed by atoms with Crippen molar-refractivity contribution in [2.24, 2.45) is 0 Å². The number of halogens is 2. The number of imidazole rings is 1. The van der Waals surface area contributed by atoms with Crippen LogP contribution >= 0.6 is 22.7 Å². The predicted octanol–water partition coefficient (Wildman–Crippen LogP) is 7.69. The molecule has 1 fully saturated rings. The average Bonchev–Trinajstić information content (AvgIpc) is 3.27. The first-order valence-corrected chi connectivity index (χ1v) is 13.5. The number of anilines is 1. The molecule has 1 amide bonds. The predicted molar refractivity (Wildman–Crippen MR) is 144 cm³/mol. The number of hydrogen-bond donors (Lipinski definition) is 1. The van der Waals surface area contributed by atoms with Crippen LogP contribution in [0.25, 0.3) is 17.1 Å². The fourth-order valence-corrected chi connectivity index (χ4v) is 5.02. The molecular formula is C26H26F2N4O3S2. The van der Waals surface area contributed by atoms with Crippen molar-refractivity contribution in [1.29, 1.82) is 0 Å². The van der Waals surface area contributed by atoms with Gasteiger partial charge in [-0.25, -0.2) is 9.97 Å². The maximum absolute atomic E-state index is 13.2. The molecule has 37 heavy (non-hydrogen) atoms. The molecule has 4 aromatic rings. The van der Waals surface area contributed by atoms with E-state index in [0.717, 1.165) is 18.5 Å². The minimum atomic E-state index is -3.01. The summed E-state index contributed by atoms with van der Waals surface area (Å²) >= 11 is 2.78. The van der Waals surface area contributed by atoms with E-state index >= 15 is 0 Å². The lowest BCUT2D eigenvalue weighted by Crippen LogP contribution is -2.15. The molecule has 3 heterocycles. The van der Waals surface area contributed by atoms with Crippen LogP contribution in [0.15, 0.2) is 47.5 Å². The van der Waals surface area contributed by atoms with Gasteiger partial charge in [-0.1, -0.05) is 32.6 Å². The molecule has 7 nitrogen and oxygen atoms in total. The third-order valence-electron chi connectivity index (χ3n) is 5.16. The van der Waals surface area contributed by atoms with Crippen LogP contribution in [0.1, 0.15) is 67.0 Å². The summed E-state index contributed by atoms with van der Waals surface area (Å²) in [6, 6.07) is 4.64. The molecule has 3 aromatic heterocycles. The van der Waals surface area contributed by atoms with Gasteiger partial charge >= 0.3 is 6.61 Å². The van der Waals surface area contributed by atoms with Gasteiger partial charge in [-0.2, -0.15) is 8.78 Å². The fourth-order valence-electron chi connectivity index (χ4n) is 3.52. The quantitative estimate of drug-likeness (QED) is 0.219. The summed E-state index contributed by atoms with van der Waals surface area (Å²) in [4.78, 5) is 23.0. The van der Waals surface area contributed by atoms with E-state index in [0.29, 0.717) is 38.7 Å². The summed E-state index contributed by atoms with van der Waals surface area (Å²) in [6.07, 6.45) is 7.30. The van der Waals surface area contributed by atoms with E-state index in [4.69, 9.17) is 4.74 Å². The zero-order valence-electron chi connectivity index (χ0n) is 20.5. The number of aromatic nitrogens is 3. The highest BCUT2D eigenvalue weighted by atomic mass is 32.1. The van der Waals surface area contributed by atoms with Crippen molar-refractivity contribution in [2.45, 2.75) is 46.1 Å². The molecule has 0 unspecified atom stereocenters. The van der Waals surface area contributed by atoms with Crippen LogP contribution in [0.4, 0.5) is 13.9 Å². The molecule has 0 radical (unpaired) electrons. The van der Waals surface area contributed by atoms with Crippen LogP contribution in [0.2, 0.25) is 0 Å². The van der Waals surface area contributed by atoms with Crippen molar-refractivity contribution in [1.82, 2.24) is 14.4 Å². The van der Waals surface area contributed by atoms with E-state index < -0.39 is 6.61 Å². The largest absolute Gasteiger partial charge is 0.458 e. The lowest BCUT2D eigenvalue weighted by Gasteiger charge is -2.14. The summed E-state index contributed by atoms with van der Waals surface area (Å²) in [5.41, 5.74) is 2.22. The van der Waals surface area contributed by atoms with Gasteiger partial charge in [0.05, 0.1) is 17.1 Å². The van der Waals surface area contributed by atoms with Gasteiger partial charge in [-0.3, -0.25) is 14.5 Å². The molecular weight excluding hydrogens is 518 g/mol. The van der Waals surface area contributed by atoms with E-state index in [1.165, 1.54) is 28.7 Å². The number of amides is 1. The maximum Gasteiger partial charge on any atom is 0.387 e. The SMILES string of the molecule is C=C(C)Oc1c(/C=C/c2nc3sccn3c2C(=O)Nc2nc(C3CC3)cs2)cccc1OC(F)F.CC. The van der Waals surface area contributed by atoms with Crippen LogP contribution in [-0.2, 0) is 0 Å². The number of alkyl halides is 2. The molecule has 1 aliphatic rings. The molecule has 5 rings (SSSR count). The smallest absolute Gasteiger partial charge is 0.387 e. The summed E-state index contributed by atoms with van der Waals surface area (Å²) in [6.45, 7) is 6.28. The average molecular weight is 545 g/mol. The van der Waals surface area contributed by atoms with Crippen LogP contribution in [0.3, 0.4) is 0 Å². The van der Waals surface area contributed by atoms with Crippen molar-refractivity contribution in [3.8, 4) is 11.5 Å². The van der Waals surface area contributed by atoms with Gasteiger partial charge in [-0.15, -0.1) is 22.7 Å². The number of hydrogen-bond acceptors (Lipinski definition) is 7. The van der Waals surface area contributed by atoms with Gasteiger partial charge in [0.15, 0.2) is 21.6 Å². The number of thiazole rings is 2. The van der Waals surface area contributed by atoms with E-state index in [1.54, 1.807) is 41.8 Å². The number of nitrogens with one attached hydrogen (secondary N) is 1. The number of carbonyl (C=O) groups excluding carboxylic acids is 1. The number of benzene rings is 1. The number of ether oxygens (including phenoxy) is 2. The third kappa shape index (κ3) is 6.23. The summed E-state index contributed by atoms with van der Waals surface area (Å²) in [7, 11) is 0. The van der Waals surface area contributed by atoms with Crippen molar-refractivity contribution < 1.29 is 23.0 Å². The van der Waals surface area contributed by atoms with Gasteiger partial charge in [-0.05, 0) is 38.0 Å². The second-order valence-electron chi connectivity index (χ2n) is 7.90. The molecule has 194 valence electrons. The highest BCUT2D eigenvalue weighted by Gasteiger charge is 2.27. The Hall–Kier alpha value is -3.57. The molecule has 1 aliphatic carbocycles. The molecule has 0 bridgehead atoms. The van der Waals surface area contributed by atoms with Crippen LogP contribution in [0.5, 0.6) is 11.5 Å². The first-order valence-electron chi connectivity index (χ1n) is 11.7. The Morgan fingerprint density at radius 1 is 1.24 bits per heavy atom. The number of nitrogens with zero attached hydrogens (tertiary/aromatic N) is 3. The lowest BCUT2D eigenvalue weighted by molar-refractivity contribution is -0.0511. The Bertz CT molecular complexity index is 1440. The zero-order valence-corrected chi connectivity index (χ0v) is 22.2. The molecule has 1 saturated carbocycles. The normalized spacial score (nSPS) is 13.0. The molecule has 0 saturated heterocycles. The molecule has 11 heteroatoms. The Morgan fingerprint density at radius 3 is 2.73 bits per heavy atom. The molecule has 1 N–H and O–H groups in total. The van der Waals surface area contributed by atoms with Crippen LogP contribution < -0.4 is 14.8 Å². The topological polar surface area (TPSA) is 77.8 Å². The van der Waals surface area contributed by atoms with Crippen molar-refractivity contribution in [2.75, 3.05) is 5.32 Å². The third-order valence-corrected chi connectivity index (χ3v) is 6.70. The number of fused-ring (bicyclic) bond motifs is 1. The number of carbonyl (C=O) groups is 1. The van der Waals surface area contributed by atoms with Gasteiger partial charge in [0.2, 0.25) is 0 Å². The van der Waals surface area contributed by atoms with E-state index in [9.17, 15) is 13.6 Å². The van der Waals surface area contributed by atoms with Crippen LogP contribution in [-0.4, -0.2) is 26.9 Å². The van der Waals surface area contributed by atoms with Gasteiger partial charge in [0.25, 0.3) is 5.91 Å². The van der Waals surface area contributed by atoms with Crippen molar-refractivity contribution in [3.63, 3.8) is 0 Å². The molecule has 0 aliphatic heterocycles. The van der Waals surface area contributed by atoms with E-state index in [2.05, 4.69) is 26.6 Å². The standard InChI is InChI=1S/C24H20F2N4O3S2.C2H6/c1-13(2)32-20-15(4-3-5-18(20)33-22(25)26)8-9-16-19(30-10-11-34-24(30)28-16)21(31)29-23-27-17(12-35-23)14-6-7-14;1-2/h3-5,8-12,14,22H,1,6-7H2,2H3,(H,27,29,31);1-2H3/b9-8+;. The number of para-hydroxylation sites is 1. The maximum atomic E-state index is 13.2. The Kier molecular flexibility index (Phi) is 8.34. The van der Waals surface area contributed by atoms with E-state index in [-0.39, 0.29) is 17.4 Å². The monoisotopic (exact) mass is 544 g/mol. The van der Waals surface area contributed by atoms with Crippen LogP contribution in [0, 0.1) is 0 Å². The summed E-state index contributed by atoms with van der Waals surface area (Å²) in [5, 5.41) is 7.22. The highest BCUT2D eigenvalue weighted by molar-refractivity contribution is 7.15. The summed E-state index contributed by atoms with van der Waals surface area (Å²) < 4.78 is 37.7. The Morgan fingerprint density at radius 2 is 2.03 bits per heavy atom. The number of allylic oxidation sites excluding steroid dienone is 1. The van der Waals surface area contributed by atoms with Gasteiger partial charge in [0.1, 0.15) is 5.69 Å². The second-order valence-corrected chi connectivity index (χ2v) is 9.63. The lowest BCUT2D eigenvalue weighted by atomic mass is 10.1. The molecule has 0 atom stereocenters.